The quantitative estimate of drug-likeness (QED) is 0.0560. The summed E-state index contributed by atoms with van der Waals surface area (Å²) < 4.78 is 80.7. The molecule has 0 aliphatic carbocycles. The first-order chi connectivity index (χ1) is 61.2. The van der Waals surface area contributed by atoms with Gasteiger partial charge in [-0.25, -0.2) is 48.7 Å². The van der Waals surface area contributed by atoms with Crippen molar-refractivity contribution in [2.45, 2.75) is 54.1 Å². The number of anilines is 5. The summed E-state index contributed by atoms with van der Waals surface area (Å²) in [6.45, 7) is 11.7. The van der Waals surface area contributed by atoms with Gasteiger partial charge >= 0.3 is 6.18 Å². The van der Waals surface area contributed by atoms with Crippen LogP contribution in [0.4, 0.5) is 51.7 Å². The highest BCUT2D eigenvalue weighted by Gasteiger charge is 2.35. The lowest BCUT2D eigenvalue weighted by atomic mass is 9.99. The monoisotopic (exact) mass is 1740 g/mol. The van der Waals surface area contributed by atoms with Gasteiger partial charge in [-0.1, -0.05) is 133 Å². The molecule has 0 radical (unpaired) electrons. The molecule has 15 heterocycles. The van der Waals surface area contributed by atoms with Crippen molar-refractivity contribution in [3.8, 4) is 118 Å². The summed E-state index contributed by atoms with van der Waals surface area (Å²) in [5.41, 5.74) is 50.8. The molecule has 0 unspecified atom stereocenters. The number of aromatic nitrogens is 25. The van der Waals surface area contributed by atoms with Crippen LogP contribution in [0.25, 0.3) is 140 Å². The molecule has 0 fully saturated rings. The summed E-state index contributed by atoms with van der Waals surface area (Å²) >= 11 is 12.0. The van der Waals surface area contributed by atoms with E-state index in [2.05, 4.69) is 114 Å². The molecular weight excluding hydrogens is 1670 g/mol. The number of rotatable bonds is 12. The van der Waals surface area contributed by atoms with E-state index < -0.39 is 17.7 Å². The number of nitrogen functional groups attached to an aromatic ring is 5. The van der Waals surface area contributed by atoms with Crippen LogP contribution in [0.5, 0.6) is 5.88 Å². The normalized spacial score (nSPS) is 11.3. The largest absolute Gasteiger partial charge is 0.481 e. The van der Waals surface area contributed by atoms with Crippen LogP contribution < -0.4 is 33.4 Å². The predicted molar refractivity (Wildman–Crippen MR) is 474 cm³/mol. The van der Waals surface area contributed by atoms with Crippen molar-refractivity contribution in [1.82, 2.24) is 123 Å². The van der Waals surface area contributed by atoms with Crippen molar-refractivity contribution in [3.05, 3.63) is 294 Å². The van der Waals surface area contributed by atoms with Crippen LogP contribution in [0.3, 0.4) is 0 Å². The second kappa shape index (κ2) is 35.6. The summed E-state index contributed by atoms with van der Waals surface area (Å²) in [5, 5.41) is 40.6. The van der Waals surface area contributed by atoms with Gasteiger partial charge in [-0.05, 0) is 160 Å². The molecule has 0 bridgehead atoms. The van der Waals surface area contributed by atoms with E-state index in [1.165, 1.54) is 47.6 Å². The molecule has 15 aromatic heterocycles. The SMILES string of the molecule is CCc1cc(-c2c(-c3ccccc3)nc(N)n3cnnc23)cc(C)n1.COc1cc(-c2c(-c3ccccc3)nc(N)n3cnnc23)cc(C)n1.Cc1cc(-c2c(-c3ccc(F)cc3)nc(N)n3cnnc23)cc(C)n1.Cc1cc(-c2c(-c3ccccc3F)nc(N)n3cnnc23)cc(Cl)n1.Nc1nc(-c2ccccc2)c(-c2cc(Cl)nc(C(F)(F)F)c2)c2nncn12. The molecule has 20 aromatic rings. The Labute approximate surface area is 728 Å². The van der Waals surface area contributed by atoms with Crippen molar-refractivity contribution < 1.29 is 26.7 Å². The maximum atomic E-state index is 14.4. The maximum Gasteiger partial charge on any atom is 0.433 e. The summed E-state index contributed by atoms with van der Waals surface area (Å²) in [6.07, 6.45) is 3.67. The lowest BCUT2D eigenvalue weighted by molar-refractivity contribution is -0.141. The average Bonchev–Trinajstić information content (AvgIpc) is 1.74. The first-order valence-electron chi connectivity index (χ1n) is 38.8. The average molecular weight is 1740 g/mol. The van der Waals surface area contributed by atoms with Crippen molar-refractivity contribution in [2.75, 3.05) is 35.8 Å². The van der Waals surface area contributed by atoms with Gasteiger partial charge in [-0.15, -0.1) is 51.0 Å². The van der Waals surface area contributed by atoms with Crippen molar-refractivity contribution >= 4 is 81.2 Å². The molecule has 0 aliphatic heterocycles. The van der Waals surface area contributed by atoms with Gasteiger partial charge in [0, 0.05) is 68.0 Å². The molecular formula is C89H71Cl2F5N30O. The Morgan fingerprint density at radius 1 is 0.331 bits per heavy atom. The zero-order valence-corrected chi connectivity index (χ0v) is 69.8. The third kappa shape index (κ3) is 17.6. The molecule has 0 atom stereocenters. The first kappa shape index (κ1) is 84.2. The van der Waals surface area contributed by atoms with E-state index in [0.29, 0.717) is 90.4 Å². The van der Waals surface area contributed by atoms with Crippen molar-refractivity contribution in [2.24, 2.45) is 0 Å². The third-order valence-corrected chi connectivity index (χ3v) is 20.2. The standard InChI is InChI=1S/C19H18N6.C18H15FN6.C18H16N6O.C17H10ClF3N6.C17H12ClFN6/c1-3-15-10-14(9-12(2)22-15)16-17(13-7-5-4-6-8-13)23-19(20)25-11-21-24-18(16)25;1-10-7-13(8-11(2)22-10)15-16(12-3-5-14(19)6-4-12)23-18(20)25-9-21-24-17(15)25;1-11-8-13(9-14(21-11)25-2)15-16(12-6-4-3-5-7-12)22-18(19)24-10-20-23-17(15)24;18-12-7-10(6-11(24-12)17(19,20)21)13-14(9-4-2-1-3-5-9)25-16(22)27-8-23-26-15(13)27;1-9-6-10(7-13(18)22-9)14-15(11-4-2-3-5-12(11)19)23-17(20)25-8-21-24-16(14)25/h4-11H,3H2,1-2H3,(H2,20,23);3-9H,1-2H3,(H2,20,23);3-10H,1-2H3,(H2,19,22);1-8H,(H2,22,25);2-8H,1H3,(H2,20,23). The minimum absolute atomic E-state index is 0.105. The van der Waals surface area contributed by atoms with Gasteiger partial charge in [-0.3, -0.25) is 32.0 Å². The highest BCUT2D eigenvalue weighted by atomic mass is 35.5. The van der Waals surface area contributed by atoms with Crippen LogP contribution >= 0.6 is 23.2 Å². The predicted octanol–water partition coefficient (Wildman–Crippen LogP) is 16.9. The maximum absolute atomic E-state index is 14.4. The molecule has 5 aromatic carbocycles. The number of methoxy groups -OCH3 is 1. The van der Waals surface area contributed by atoms with Crippen LogP contribution in [0.15, 0.2) is 232 Å². The van der Waals surface area contributed by atoms with Gasteiger partial charge in [0.25, 0.3) is 0 Å². The fraction of sp³-hybridized carbons (Fsp3) is 0.101. The molecule has 0 saturated heterocycles. The number of fused-ring (bicyclic) bond motifs is 5. The number of halogens is 7. The summed E-state index contributed by atoms with van der Waals surface area (Å²) in [5.74, 6) is 1.06. The van der Waals surface area contributed by atoms with Crippen LogP contribution in [-0.4, -0.2) is 130 Å². The topological polar surface area (TPSA) is 419 Å². The molecule has 38 heteroatoms. The van der Waals surface area contributed by atoms with Crippen molar-refractivity contribution in [3.63, 3.8) is 0 Å². The van der Waals surface area contributed by atoms with E-state index in [1.54, 1.807) is 98.0 Å². The Morgan fingerprint density at radius 2 is 0.646 bits per heavy atom. The second-order valence-electron chi connectivity index (χ2n) is 28.6. The minimum atomic E-state index is -4.66. The molecule has 0 spiro atoms. The Balaban J connectivity index is 0.000000117. The molecule has 0 amide bonds. The summed E-state index contributed by atoms with van der Waals surface area (Å²) in [4.78, 5) is 43.4. The Bertz CT molecular complexity index is 7290. The molecule has 632 valence electrons. The van der Waals surface area contributed by atoms with Gasteiger partial charge < -0.3 is 33.4 Å². The number of aryl methyl sites for hydroxylation is 6. The van der Waals surface area contributed by atoms with Gasteiger partial charge in [0.2, 0.25) is 35.6 Å². The number of benzene rings is 5. The fourth-order valence-corrected chi connectivity index (χ4v) is 14.9. The number of hydrogen-bond acceptors (Lipinski definition) is 26. The lowest BCUT2D eigenvalue weighted by Gasteiger charge is -2.14. The zero-order chi connectivity index (χ0) is 89.1. The van der Waals surface area contributed by atoms with Crippen LogP contribution in [0.1, 0.15) is 46.8 Å². The Kier molecular flexibility index (Phi) is 23.6. The smallest absolute Gasteiger partial charge is 0.433 e. The van der Waals surface area contributed by atoms with E-state index in [9.17, 15) is 22.0 Å². The molecule has 0 saturated carbocycles. The van der Waals surface area contributed by atoms with E-state index in [0.717, 1.165) is 108 Å². The van der Waals surface area contributed by atoms with Gasteiger partial charge in [-0.2, -0.15) is 13.2 Å². The van der Waals surface area contributed by atoms with Crippen LogP contribution in [0.2, 0.25) is 10.3 Å². The first-order valence-corrected chi connectivity index (χ1v) is 39.5. The molecule has 127 heavy (non-hydrogen) atoms. The molecule has 10 N–H and O–H groups in total. The van der Waals surface area contributed by atoms with Crippen LogP contribution in [-0.2, 0) is 12.6 Å². The van der Waals surface area contributed by atoms with E-state index in [4.69, 9.17) is 56.6 Å². The second-order valence-corrected chi connectivity index (χ2v) is 29.4. The zero-order valence-electron chi connectivity index (χ0n) is 68.3. The van der Waals surface area contributed by atoms with E-state index >= 15 is 0 Å². The Morgan fingerprint density at radius 3 is 1.02 bits per heavy atom. The van der Waals surface area contributed by atoms with E-state index in [-0.39, 0.29) is 40.0 Å². The highest BCUT2D eigenvalue weighted by molar-refractivity contribution is 6.30. The number of alkyl halides is 3. The fourth-order valence-electron chi connectivity index (χ4n) is 14.4. The molecule has 31 nitrogen and oxygen atoms in total. The van der Waals surface area contributed by atoms with Gasteiger partial charge in [0.05, 0.1) is 63.4 Å². The summed E-state index contributed by atoms with van der Waals surface area (Å²) in [7, 11) is 1.59. The Hall–Kier alpha value is -16.4. The lowest BCUT2D eigenvalue weighted by Crippen LogP contribution is -2.09. The number of pyridine rings is 5. The van der Waals surface area contributed by atoms with Crippen LogP contribution in [0, 0.1) is 46.3 Å². The minimum Gasteiger partial charge on any atom is -0.481 e. The molecule has 0 aliphatic rings. The number of hydrogen-bond donors (Lipinski definition) is 5. The number of nitrogens with two attached hydrogens (primary N) is 5. The third-order valence-electron chi connectivity index (χ3n) is 19.8. The van der Waals surface area contributed by atoms with Crippen molar-refractivity contribution in [1.29, 1.82) is 0 Å². The number of nitrogens with zero attached hydrogens (tertiary/aromatic N) is 25. The number of ether oxygens (including phenoxy) is 1. The van der Waals surface area contributed by atoms with Gasteiger partial charge in [0.1, 0.15) is 59.3 Å². The summed E-state index contributed by atoms with van der Waals surface area (Å²) in [6, 6.07) is 58.9. The highest BCUT2D eigenvalue weighted by Crippen LogP contribution is 2.43. The molecule has 20 rings (SSSR count). The van der Waals surface area contributed by atoms with E-state index in [1.807, 2.05) is 138 Å². The van der Waals surface area contributed by atoms with Gasteiger partial charge in [0.15, 0.2) is 28.2 Å².